The summed E-state index contributed by atoms with van der Waals surface area (Å²) in [6, 6.07) is 12.8. The summed E-state index contributed by atoms with van der Waals surface area (Å²) in [4.78, 5) is 27.6. The Balaban J connectivity index is 2.22. The van der Waals surface area contributed by atoms with E-state index < -0.39 is 6.04 Å². The van der Waals surface area contributed by atoms with Crippen LogP contribution in [0.3, 0.4) is 0 Å². The van der Waals surface area contributed by atoms with Gasteiger partial charge in [0.2, 0.25) is 11.8 Å². The van der Waals surface area contributed by atoms with E-state index in [0.29, 0.717) is 35.9 Å². The topological polar surface area (TPSA) is 49.4 Å². The fourth-order valence-electron chi connectivity index (χ4n) is 3.27. The second-order valence-electron chi connectivity index (χ2n) is 7.46. The van der Waals surface area contributed by atoms with E-state index in [9.17, 15) is 9.59 Å². The molecule has 1 atom stereocenters. The molecule has 0 saturated carbocycles. The Morgan fingerprint density at radius 2 is 1.77 bits per heavy atom. The minimum atomic E-state index is -0.547. The maximum atomic E-state index is 13.2. The van der Waals surface area contributed by atoms with E-state index in [2.05, 4.69) is 5.32 Å². The van der Waals surface area contributed by atoms with Gasteiger partial charge in [0.15, 0.2) is 0 Å². The molecule has 0 aliphatic heterocycles. The molecule has 6 heteroatoms. The Morgan fingerprint density at radius 1 is 1.07 bits per heavy atom. The number of nitrogens with zero attached hydrogens (tertiary/aromatic N) is 1. The third-order valence-corrected chi connectivity index (χ3v) is 5.63. The smallest absolute Gasteiger partial charge is 0.242 e. The monoisotopic (exact) mass is 448 g/mol. The molecule has 162 valence electrons. The molecule has 2 amide bonds. The van der Waals surface area contributed by atoms with Gasteiger partial charge in [0.1, 0.15) is 6.04 Å². The van der Waals surface area contributed by atoms with Crippen LogP contribution in [0.2, 0.25) is 10.0 Å². The maximum absolute atomic E-state index is 13.2. The quantitative estimate of drug-likeness (QED) is 0.516. The highest BCUT2D eigenvalue weighted by Crippen LogP contribution is 2.24. The number of hydrogen-bond donors (Lipinski definition) is 1. The van der Waals surface area contributed by atoms with Gasteiger partial charge in [-0.05, 0) is 49.4 Å². The first-order valence-corrected chi connectivity index (χ1v) is 11.2. The zero-order valence-corrected chi connectivity index (χ0v) is 19.4. The first-order valence-electron chi connectivity index (χ1n) is 10.4. The average Bonchev–Trinajstić information content (AvgIpc) is 2.73. The molecule has 0 spiro atoms. The molecule has 0 radical (unpaired) electrons. The molecule has 0 bridgehead atoms. The van der Waals surface area contributed by atoms with Gasteiger partial charge in [-0.25, -0.2) is 0 Å². The number of carbonyl (C=O) groups excluding carboxylic acids is 2. The van der Waals surface area contributed by atoms with Crippen LogP contribution in [-0.4, -0.2) is 29.3 Å². The number of carbonyl (C=O) groups is 2. The average molecular weight is 449 g/mol. The predicted molar refractivity (Wildman–Crippen MR) is 124 cm³/mol. The van der Waals surface area contributed by atoms with Crippen molar-refractivity contribution in [1.82, 2.24) is 10.2 Å². The van der Waals surface area contributed by atoms with Crippen molar-refractivity contribution in [2.45, 2.75) is 59.0 Å². The maximum Gasteiger partial charge on any atom is 0.242 e. The first-order chi connectivity index (χ1) is 14.3. The lowest BCUT2D eigenvalue weighted by Crippen LogP contribution is -2.49. The Kier molecular flexibility index (Phi) is 9.67. The van der Waals surface area contributed by atoms with E-state index in [1.54, 1.807) is 17.0 Å². The van der Waals surface area contributed by atoms with Gasteiger partial charge in [-0.15, -0.1) is 0 Å². The number of benzene rings is 2. The molecule has 0 aromatic heterocycles. The van der Waals surface area contributed by atoms with Crippen LogP contribution in [0, 0.1) is 6.92 Å². The highest BCUT2D eigenvalue weighted by Gasteiger charge is 2.28. The van der Waals surface area contributed by atoms with Crippen LogP contribution in [-0.2, 0) is 22.6 Å². The van der Waals surface area contributed by atoms with Gasteiger partial charge < -0.3 is 10.2 Å². The fraction of sp³-hybridized carbons (Fsp3) is 0.417. The van der Waals surface area contributed by atoms with Crippen LogP contribution in [0.5, 0.6) is 0 Å². The lowest BCUT2D eigenvalue weighted by atomic mass is 10.0. The van der Waals surface area contributed by atoms with Crippen LogP contribution < -0.4 is 5.32 Å². The standard InChI is InChI=1S/C24H30Cl2N2O2/c1-4-14-27-24(30)22(5-2)28(16-19-11-12-20(25)15-21(19)26)23(29)13-10-18-8-6-17(3)7-9-18/h6-9,11-12,15,22H,4-5,10,13-14,16H2,1-3H3,(H,27,30). The summed E-state index contributed by atoms with van der Waals surface area (Å²) < 4.78 is 0. The van der Waals surface area contributed by atoms with Gasteiger partial charge in [0.25, 0.3) is 0 Å². The molecule has 2 aromatic carbocycles. The van der Waals surface area contributed by atoms with Crippen molar-refractivity contribution in [2.75, 3.05) is 6.54 Å². The van der Waals surface area contributed by atoms with E-state index in [0.717, 1.165) is 17.5 Å². The Morgan fingerprint density at radius 3 is 2.37 bits per heavy atom. The zero-order chi connectivity index (χ0) is 22.1. The van der Waals surface area contributed by atoms with Crippen LogP contribution in [0.1, 0.15) is 49.8 Å². The highest BCUT2D eigenvalue weighted by molar-refractivity contribution is 6.35. The third-order valence-electron chi connectivity index (χ3n) is 5.04. The second-order valence-corrected chi connectivity index (χ2v) is 8.30. The Bertz CT molecular complexity index is 853. The van der Waals surface area contributed by atoms with Crippen molar-refractivity contribution in [1.29, 1.82) is 0 Å². The van der Waals surface area contributed by atoms with Crippen LogP contribution in [0.4, 0.5) is 0 Å². The Labute approximate surface area is 189 Å². The number of aryl methyl sites for hydroxylation is 2. The summed E-state index contributed by atoms with van der Waals surface area (Å²) in [5.41, 5.74) is 3.05. The normalized spacial score (nSPS) is 11.8. The molecule has 30 heavy (non-hydrogen) atoms. The zero-order valence-electron chi connectivity index (χ0n) is 17.9. The molecule has 1 N–H and O–H groups in total. The van der Waals surface area contributed by atoms with E-state index in [1.807, 2.05) is 51.1 Å². The van der Waals surface area contributed by atoms with Crippen LogP contribution in [0.15, 0.2) is 42.5 Å². The molecule has 2 aromatic rings. The number of rotatable bonds is 10. The summed E-state index contributed by atoms with van der Waals surface area (Å²) in [7, 11) is 0. The van der Waals surface area contributed by atoms with Gasteiger partial charge in [0.05, 0.1) is 0 Å². The first kappa shape index (κ1) is 24.2. The van der Waals surface area contributed by atoms with Gasteiger partial charge in [-0.3, -0.25) is 9.59 Å². The largest absolute Gasteiger partial charge is 0.354 e. The minimum absolute atomic E-state index is 0.0694. The van der Waals surface area contributed by atoms with E-state index in [1.165, 1.54) is 5.56 Å². The molecular weight excluding hydrogens is 419 g/mol. The molecular formula is C24H30Cl2N2O2. The van der Waals surface area contributed by atoms with Crippen molar-refractivity contribution in [3.8, 4) is 0 Å². The molecule has 2 rings (SSSR count). The molecule has 0 fully saturated rings. The van der Waals surface area contributed by atoms with Gasteiger partial charge in [-0.1, -0.05) is 72.9 Å². The van der Waals surface area contributed by atoms with E-state index in [-0.39, 0.29) is 18.4 Å². The fourth-order valence-corrected chi connectivity index (χ4v) is 3.74. The van der Waals surface area contributed by atoms with Crippen LogP contribution in [0.25, 0.3) is 0 Å². The van der Waals surface area contributed by atoms with Crippen molar-refractivity contribution in [2.24, 2.45) is 0 Å². The SMILES string of the molecule is CCCNC(=O)C(CC)N(Cc1ccc(Cl)cc1Cl)C(=O)CCc1ccc(C)cc1. The summed E-state index contributed by atoms with van der Waals surface area (Å²) in [6.07, 6.45) is 2.31. The predicted octanol–water partition coefficient (Wildman–Crippen LogP) is 5.57. The number of amides is 2. The number of halogens is 2. The van der Waals surface area contributed by atoms with Gasteiger partial charge >= 0.3 is 0 Å². The number of nitrogens with one attached hydrogen (secondary N) is 1. The molecule has 0 heterocycles. The minimum Gasteiger partial charge on any atom is -0.354 e. The highest BCUT2D eigenvalue weighted by atomic mass is 35.5. The lowest BCUT2D eigenvalue weighted by Gasteiger charge is -2.31. The number of hydrogen-bond acceptors (Lipinski definition) is 2. The van der Waals surface area contributed by atoms with E-state index >= 15 is 0 Å². The lowest BCUT2D eigenvalue weighted by molar-refractivity contribution is -0.141. The van der Waals surface area contributed by atoms with Crippen molar-refractivity contribution < 1.29 is 9.59 Å². The summed E-state index contributed by atoms with van der Waals surface area (Å²) in [5, 5.41) is 3.95. The third kappa shape index (κ3) is 7.03. The molecule has 1 unspecified atom stereocenters. The van der Waals surface area contributed by atoms with Crippen molar-refractivity contribution in [3.63, 3.8) is 0 Å². The molecule has 0 saturated heterocycles. The Hall–Kier alpha value is -2.04. The van der Waals surface area contributed by atoms with Crippen molar-refractivity contribution >= 4 is 35.0 Å². The molecule has 4 nitrogen and oxygen atoms in total. The van der Waals surface area contributed by atoms with Crippen LogP contribution >= 0.6 is 23.2 Å². The molecule has 0 aliphatic rings. The summed E-state index contributed by atoms with van der Waals surface area (Å²) in [5.74, 6) is -0.201. The van der Waals surface area contributed by atoms with Gasteiger partial charge in [-0.2, -0.15) is 0 Å². The molecule has 0 aliphatic carbocycles. The summed E-state index contributed by atoms with van der Waals surface area (Å²) in [6.45, 7) is 6.80. The van der Waals surface area contributed by atoms with Gasteiger partial charge in [0, 0.05) is 29.6 Å². The van der Waals surface area contributed by atoms with E-state index in [4.69, 9.17) is 23.2 Å². The van der Waals surface area contributed by atoms with Crippen molar-refractivity contribution in [3.05, 3.63) is 69.2 Å². The summed E-state index contributed by atoms with van der Waals surface area (Å²) >= 11 is 12.4. The second kappa shape index (κ2) is 12.0.